The van der Waals surface area contributed by atoms with Crippen LogP contribution in [0, 0.1) is 6.92 Å². The second kappa shape index (κ2) is 5.42. The van der Waals surface area contributed by atoms with Gasteiger partial charge in [0.2, 0.25) is 0 Å². The number of pyridine rings is 1. The Morgan fingerprint density at radius 3 is 2.83 bits per heavy atom. The topological polar surface area (TPSA) is 55.3 Å². The maximum Gasteiger partial charge on any atom is 0.147 e. The van der Waals surface area contributed by atoms with Gasteiger partial charge in [0.05, 0.1) is 11.3 Å². The highest BCUT2D eigenvalue weighted by Gasteiger charge is 2.11. The second-order valence-corrected chi connectivity index (χ2v) is 4.62. The summed E-state index contributed by atoms with van der Waals surface area (Å²) in [5.41, 5.74) is 7.60. The fraction of sp³-hybridized carbons (Fsp3) is 0.308. The van der Waals surface area contributed by atoms with Crippen LogP contribution in [0.5, 0.6) is 0 Å². The molecular weight excluding hydrogens is 250 g/mol. The molecule has 4 nitrogen and oxygen atoms in total. The Morgan fingerprint density at radius 1 is 1.50 bits per heavy atom. The quantitative estimate of drug-likeness (QED) is 0.924. The van der Waals surface area contributed by atoms with Gasteiger partial charge < -0.3 is 15.1 Å². The van der Waals surface area contributed by atoms with Crippen molar-refractivity contribution in [3.05, 3.63) is 46.5 Å². The molecule has 0 aliphatic heterocycles. The number of hydrogen-bond donors (Lipinski definition) is 1. The van der Waals surface area contributed by atoms with E-state index in [1.807, 2.05) is 31.0 Å². The van der Waals surface area contributed by atoms with Crippen molar-refractivity contribution in [2.24, 2.45) is 5.73 Å². The number of halogens is 1. The van der Waals surface area contributed by atoms with Crippen LogP contribution in [0.1, 0.15) is 16.9 Å². The van der Waals surface area contributed by atoms with Crippen molar-refractivity contribution >= 4 is 17.4 Å². The molecule has 0 spiro atoms. The van der Waals surface area contributed by atoms with Gasteiger partial charge in [-0.1, -0.05) is 11.6 Å². The Balaban J connectivity index is 2.19. The maximum absolute atomic E-state index is 6.20. The summed E-state index contributed by atoms with van der Waals surface area (Å²) in [7, 11) is 1.95. The molecule has 18 heavy (non-hydrogen) atoms. The number of rotatable bonds is 4. The fourth-order valence-corrected chi connectivity index (χ4v) is 2.10. The van der Waals surface area contributed by atoms with E-state index in [0.29, 0.717) is 18.1 Å². The van der Waals surface area contributed by atoms with Crippen molar-refractivity contribution < 1.29 is 4.42 Å². The third-order valence-corrected chi connectivity index (χ3v) is 3.13. The van der Waals surface area contributed by atoms with Crippen molar-refractivity contribution in [3.63, 3.8) is 0 Å². The summed E-state index contributed by atoms with van der Waals surface area (Å²) in [5.74, 6) is 1.66. The van der Waals surface area contributed by atoms with Crippen molar-refractivity contribution in [1.29, 1.82) is 0 Å². The zero-order valence-corrected chi connectivity index (χ0v) is 11.2. The van der Waals surface area contributed by atoms with Crippen LogP contribution in [0.25, 0.3) is 0 Å². The lowest BCUT2D eigenvalue weighted by atomic mass is 10.2. The molecule has 2 aromatic heterocycles. The van der Waals surface area contributed by atoms with Gasteiger partial charge in [-0.25, -0.2) is 4.98 Å². The van der Waals surface area contributed by atoms with Crippen molar-refractivity contribution in [2.75, 3.05) is 11.9 Å². The molecule has 2 N–H and O–H groups in total. The first kappa shape index (κ1) is 12.9. The van der Waals surface area contributed by atoms with E-state index in [0.717, 1.165) is 22.7 Å². The van der Waals surface area contributed by atoms with Gasteiger partial charge in [-0.3, -0.25) is 0 Å². The minimum absolute atomic E-state index is 0.442. The smallest absolute Gasteiger partial charge is 0.147 e. The van der Waals surface area contributed by atoms with E-state index in [4.69, 9.17) is 21.8 Å². The van der Waals surface area contributed by atoms with E-state index >= 15 is 0 Å². The molecular formula is C13H16ClN3O. The Hall–Kier alpha value is -1.52. The van der Waals surface area contributed by atoms with E-state index in [1.54, 1.807) is 12.5 Å². The van der Waals surface area contributed by atoms with Crippen molar-refractivity contribution in [2.45, 2.75) is 20.0 Å². The normalized spacial score (nSPS) is 10.7. The molecule has 0 fully saturated rings. The predicted molar refractivity (Wildman–Crippen MR) is 72.7 cm³/mol. The van der Waals surface area contributed by atoms with E-state index < -0.39 is 0 Å². The van der Waals surface area contributed by atoms with Crippen molar-refractivity contribution in [3.8, 4) is 0 Å². The SMILES string of the molecule is Cc1occc1CN(C)c1ncc(CN)cc1Cl. The van der Waals surface area contributed by atoms with Gasteiger partial charge in [-0.15, -0.1) is 0 Å². The highest BCUT2D eigenvalue weighted by Crippen LogP contribution is 2.25. The minimum Gasteiger partial charge on any atom is -0.469 e. The lowest BCUT2D eigenvalue weighted by Crippen LogP contribution is -2.18. The molecule has 0 aliphatic rings. The number of hydrogen-bond acceptors (Lipinski definition) is 4. The predicted octanol–water partition coefficient (Wildman–Crippen LogP) is 2.73. The molecule has 5 heteroatoms. The van der Waals surface area contributed by atoms with E-state index in [1.165, 1.54) is 0 Å². The Labute approximate surface area is 111 Å². The second-order valence-electron chi connectivity index (χ2n) is 4.21. The van der Waals surface area contributed by atoms with Crippen molar-refractivity contribution in [1.82, 2.24) is 4.98 Å². The standard InChI is InChI=1S/C13H16ClN3O/c1-9-11(3-4-18-9)8-17(2)13-12(14)5-10(6-15)7-16-13/h3-5,7H,6,8,15H2,1-2H3. The minimum atomic E-state index is 0.442. The van der Waals surface area contributed by atoms with E-state index in [-0.39, 0.29) is 0 Å². The molecule has 0 unspecified atom stereocenters. The van der Waals surface area contributed by atoms with Crippen LogP contribution in [0.4, 0.5) is 5.82 Å². The molecule has 0 saturated heterocycles. The average Bonchev–Trinajstić information content (AvgIpc) is 2.74. The summed E-state index contributed by atoms with van der Waals surface area (Å²) in [4.78, 5) is 6.33. The van der Waals surface area contributed by atoms with E-state index in [2.05, 4.69) is 4.98 Å². The third-order valence-electron chi connectivity index (χ3n) is 2.85. The molecule has 0 radical (unpaired) electrons. The summed E-state index contributed by atoms with van der Waals surface area (Å²) >= 11 is 6.20. The maximum atomic E-state index is 6.20. The number of aryl methyl sites for hydroxylation is 1. The highest BCUT2D eigenvalue weighted by atomic mass is 35.5. The van der Waals surface area contributed by atoms with E-state index in [9.17, 15) is 0 Å². The Kier molecular flexibility index (Phi) is 3.89. The van der Waals surface area contributed by atoms with Gasteiger partial charge in [0.15, 0.2) is 0 Å². The monoisotopic (exact) mass is 265 g/mol. The van der Waals surface area contributed by atoms with Crippen LogP contribution < -0.4 is 10.6 Å². The van der Waals surface area contributed by atoms with Crippen LogP contribution in [-0.4, -0.2) is 12.0 Å². The molecule has 0 aliphatic carbocycles. The van der Waals surface area contributed by atoms with Crippen LogP contribution in [0.15, 0.2) is 29.0 Å². The first-order valence-corrected chi connectivity index (χ1v) is 6.08. The molecule has 0 saturated carbocycles. The van der Waals surface area contributed by atoms with Gasteiger partial charge in [-0.2, -0.15) is 0 Å². The first-order chi connectivity index (χ1) is 8.61. The largest absolute Gasteiger partial charge is 0.469 e. The average molecular weight is 266 g/mol. The highest BCUT2D eigenvalue weighted by molar-refractivity contribution is 6.33. The summed E-state index contributed by atoms with van der Waals surface area (Å²) < 4.78 is 5.27. The van der Waals surface area contributed by atoms with Crippen LogP contribution in [0.2, 0.25) is 5.02 Å². The molecule has 2 rings (SSSR count). The number of furan rings is 1. The zero-order chi connectivity index (χ0) is 13.1. The van der Waals surface area contributed by atoms with Gasteiger partial charge in [0.1, 0.15) is 11.6 Å². The lowest BCUT2D eigenvalue weighted by molar-refractivity contribution is 0.529. The van der Waals surface area contributed by atoms with Crippen LogP contribution in [0.3, 0.4) is 0 Å². The molecule has 0 bridgehead atoms. The Morgan fingerprint density at radius 2 is 2.28 bits per heavy atom. The fourth-order valence-electron chi connectivity index (χ4n) is 1.77. The zero-order valence-electron chi connectivity index (χ0n) is 10.5. The molecule has 96 valence electrons. The molecule has 0 atom stereocenters. The number of nitrogens with zero attached hydrogens (tertiary/aromatic N) is 2. The summed E-state index contributed by atoms with van der Waals surface area (Å²) in [5, 5.41) is 0.613. The number of aromatic nitrogens is 1. The molecule has 2 heterocycles. The Bertz CT molecular complexity index is 539. The first-order valence-electron chi connectivity index (χ1n) is 5.70. The van der Waals surface area contributed by atoms with Crippen LogP contribution >= 0.6 is 11.6 Å². The third kappa shape index (κ3) is 2.66. The summed E-state index contributed by atoms with van der Waals surface area (Å²) in [6, 6.07) is 3.80. The van der Waals surface area contributed by atoms with Crippen LogP contribution in [-0.2, 0) is 13.1 Å². The molecule has 0 aromatic carbocycles. The summed E-state index contributed by atoms with van der Waals surface area (Å²) in [6.07, 6.45) is 3.44. The van der Waals surface area contributed by atoms with Gasteiger partial charge in [-0.05, 0) is 24.6 Å². The van der Waals surface area contributed by atoms with Gasteiger partial charge >= 0.3 is 0 Å². The van der Waals surface area contributed by atoms with Gasteiger partial charge in [0.25, 0.3) is 0 Å². The summed E-state index contributed by atoms with van der Waals surface area (Å²) in [6.45, 7) is 3.09. The lowest BCUT2D eigenvalue weighted by Gasteiger charge is -2.19. The molecule has 2 aromatic rings. The van der Waals surface area contributed by atoms with Gasteiger partial charge in [0, 0.05) is 31.9 Å². The number of nitrogens with two attached hydrogens (primary N) is 1. The molecule has 0 amide bonds. The number of anilines is 1.